The van der Waals surface area contributed by atoms with Crippen molar-refractivity contribution < 1.29 is 19.1 Å². The van der Waals surface area contributed by atoms with Gasteiger partial charge in [-0.3, -0.25) is 4.79 Å². The van der Waals surface area contributed by atoms with Crippen molar-refractivity contribution in [2.75, 3.05) is 56.6 Å². The normalized spacial score (nSPS) is 16.3. The van der Waals surface area contributed by atoms with Gasteiger partial charge >= 0.3 is 12.0 Å². The van der Waals surface area contributed by atoms with E-state index in [1.165, 1.54) is 18.4 Å². The van der Waals surface area contributed by atoms with Gasteiger partial charge in [0, 0.05) is 62.5 Å². The Kier molecular flexibility index (Phi) is 7.83. The Hall–Kier alpha value is -3.99. The number of nitrogens with zero attached hydrogens (tertiary/aromatic N) is 5. The van der Waals surface area contributed by atoms with Crippen molar-refractivity contribution in [2.24, 2.45) is 0 Å². The molecule has 5 rings (SSSR count). The van der Waals surface area contributed by atoms with Gasteiger partial charge in [0.15, 0.2) is 0 Å². The number of nitrogens with one attached hydrogen (secondary N) is 1. The highest BCUT2D eigenvalue weighted by molar-refractivity contribution is 7.10. The molecule has 3 aromatic rings. The topological polar surface area (TPSA) is 108 Å². The number of hydrogen-bond acceptors (Lipinski definition) is 8. The first-order valence-corrected chi connectivity index (χ1v) is 13.5. The Bertz CT molecular complexity index is 1280. The molecule has 2 aliphatic rings. The molecule has 0 atom stereocenters. The summed E-state index contributed by atoms with van der Waals surface area (Å²) in [4.78, 5) is 52.7. The molecule has 0 radical (unpaired) electrons. The average Bonchev–Trinajstić information content (AvgIpc) is 3.48. The van der Waals surface area contributed by atoms with Crippen LogP contribution in [0.25, 0.3) is 0 Å². The second kappa shape index (κ2) is 11.6. The first kappa shape index (κ1) is 25.7. The number of carbonyl (C=O) groups excluding carboxylic acids is 3. The number of likely N-dealkylation sites (tertiary alicyclic amines) is 1. The molecule has 10 nitrogen and oxygen atoms in total. The minimum Gasteiger partial charge on any atom is -0.465 e. The van der Waals surface area contributed by atoms with Crippen molar-refractivity contribution in [1.29, 1.82) is 0 Å². The van der Waals surface area contributed by atoms with Crippen molar-refractivity contribution in [3.8, 4) is 0 Å². The lowest BCUT2D eigenvalue weighted by atomic mass is 9.98. The lowest BCUT2D eigenvalue weighted by Crippen LogP contribution is -2.54. The number of anilines is 2. The molecule has 1 N–H and O–H groups in total. The highest BCUT2D eigenvalue weighted by Gasteiger charge is 2.30. The highest BCUT2D eigenvalue weighted by Crippen LogP contribution is 2.31. The second-order valence-corrected chi connectivity index (χ2v) is 10.2. The van der Waals surface area contributed by atoms with E-state index in [1.807, 2.05) is 28.0 Å². The second-order valence-electron chi connectivity index (χ2n) is 9.30. The van der Waals surface area contributed by atoms with Crippen molar-refractivity contribution in [3.63, 3.8) is 0 Å². The van der Waals surface area contributed by atoms with Crippen LogP contribution in [-0.2, 0) is 4.74 Å². The van der Waals surface area contributed by atoms with Crippen LogP contribution in [0, 0.1) is 0 Å². The van der Waals surface area contributed by atoms with E-state index >= 15 is 0 Å². The minimum atomic E-state index is -0.464. The van der Waals surface area contributed by atoms with Gasteiger partial charge in [0.25, 0.3) is 5.91 Å². The van der Waals surface area contributed by atoms with Crippen LogP contribution in [-0.4, -0.2) is 84.1 Å². The number of methoxy groups -OCH3 is 1. The highest BCUT2D eigenvalue weighted by atomic mass is 32.1. The summed E-state index contributed by atoms with van der Waals surface area (Å²) >= 11 is 1.47. The van der Waals surface area contributed by atoms with Crippen LogP contribution in [0.15, 0.2) is 54.0 Å². The Morgan fingerprint density at radius 2 is 1.74 bits per heavy atom. The van der Waals surface area contributed by atoms with Gasteiger partial charge in [-0.15, -0.1) is 11.3 Å². The van der Waals surface area contributed by atoms with Crippen molar-refractivity contribution in [3.05, 3.63) is 70.3 Å². The lowest BCUT2D eigenvalue weighted by Gasteiger charge is -2.39. The molecule has 0 unspecified atom stereocenters. The van der Waals surface area contributed by atoms with Gasteiger partial charge in [-0.2, -0.15) is 0 Å². The van der Waals surface area contributed by atoms with Crippen LogP contribution in [0.2, 0.25) is 0 Å². The van der Waals surface area contributed by atoms with E-state index in [4.69, 9.17) is 4.74 Å². The molecule has 3 amide bonds. The smallest absolute Gasteiger partial charge is 0.337 e. The zero-order chi connectivity index (χ0) is 26.5. The van der Waals surface area contributed by atoms with E-state index in [0.717, 1.165) is 36.8 Å². The predicted octanol–water partition coefficient (Wildman–Crippen LogP) is 3.70. The maximum absolute atomic E-state index is 13.1. The van der Waals surface area contributed by atoms with Gasteiger partial charge in [-0.25, -0.2) is 19.6 Å². The number of thiazole rings is 1. The number of ether oxygens (including phenoxy) is 1. The molecule has 2 aromatic heterocycles. The maximum Gasteiger partial charge on any atom is 0.337 e. The molecule has 198 valence electrons. The monoisotopic (exact) mass is 534 g/mol. The number of piperidine rings is 1. The van der Waals surface area contributed by atoms with Gasteiger partial charge in [-0.05, 0) is 43.2 Å². The zero-order valence-corrected chi connectivity index (χ0v) is 22.0. The molecule has 38 heavy (non-hydrogen) atoms. The molecular formula is C27H30N6O4S. The quantitative estimate of drug-likeness (QED) is 0.498. The first-order chi connectivity index (χ1) is 18.5. The van der Waals surface area contributed by atoms with Crippen molar-refractivity contribution in [2.45, 2.75) is 18.8 Å². The molecule has 0 saturated carbocycles. The molecule has 0 bridgehead atoms. The standard InChI is InChI=1S/C27H30N6O4S/c1-37-26(35)20-5-4-6-21(17-20)29-24(34)22-18-38-25(30-22)19-8-11-32(12-9-19)27(36)33-15-13-31(14-16-33)23-7-2-3-10-28-23/h2-7,10,17-19H,8-9,11-16H2,1H3,(H,29,34). The SMILES string of the molecule is COC(=O)c1cccc(NC(=O)c2csc(C3CCN(C(=O)N4CCN(c5ccccn5)CC4)CC3)n2)c1. The number of carbonyl (C=O) groups is 3. The molecular weight excluding hydrogens is 504 g/mol. The minimum absolute atomic E-state index is 0.0949. The molecule has 2 saturated heterocycles. The largest absolute Gasteiger partial charge is 0.465 e. The third kappa shape index (κ3) is 5.77. The third-order valence-electron chi connectivity index (χ3n) is 6.93. The molecule has 0 spiro atoms. The van der Waals surface area contributed by atoms with Gasteiger partial charge in [0.05, 0.1) is 17.7 Å². The Morgan fingerprint density at radius 3 is 2.45 bits per heavy atom. The summed E-state index contributed by atoms with van der Waals surface area (Å²) in [5.74, 6) is 0.376. The van der Waals surface area contributed by atoms with E-state index in [1.54, 1.807) is 35.8 Å². The van der Waals surface area contributed by atoms with Crippen molar-refractivity contribution in [1.82, 2.24) is 19.8 Å². The lowest BCUT2D eigenvalue weighted by molar-refractivity contribution is 0.0600. The van der Waals surface area contributed by atoms with Crippen LogP contribution in [0.1, 0.15) is 44.6 Å². The summed E-state index contributed by atoms with van der Waals surface area (Å²) in [6.07, 6.45) is 3.42. The molecule has 2 aliphatic heterocycles. The van der Waals surface area contributed by atoms with Gasteiger partial charge in [0.1, 0.15) is 11.5 Å². The van der Waals surface area contributed by atoms with Crippen LogP contribution >= 0.6 is 11.3 Å². The summed E-state index contributed by atoms with van der Waals surface area (Å²) in [5.41, 5.74) is 1.21. The van der Waals surface area contributed by atoms with E-state index in [-0.39, 0.29) is 17.9 Å². The number of benzene rings is 1. The number of piperazine rings is 1. The number of esters is 1. The predicted molar refractivity (Wildman–Crippen MR) is 145 cm³/mol. The number of aromatic nitrogens is 2. The summed E-state index contributed by atoms with van der Waals surface area (Å²) in [6.45, 7) is 4.26. The number of urea groups is 1. The summed E-state index contributed by atoms with van der Waals surface area (Å²) < 4.78 is 4.74. The van der Waals surface area contributed by atoms with E-state index in [0.29, 0.717) is 43.1 Å². The van der Waals surface area contributed by atoms with E-state index < -0.39 is 5.97 Å². The summed E-state index contributed by atoms with van der Waals surface area (Å²) in [5, 5.41) is 5.47. The molecule has 2 fully saturated rings. The molecule has 4 heterocycles. The number of pyridine rings is 1. The third-order valence-corrected chi connectivity index (χ3v) is 7.94. The molecule has 0 aliphatic carbocycles. The summed E-state index contributed by atoms with van der Waals surface area (Å²) in [6, 6.07) is 12.6. The first-order valence-electron chi connectivity index (χ1n) is 12.7. The van der Waals surface area contributed by atoms with Gasteiger partial charge in [0.2, 0.25) is 0 Å². The Balaban J connectivity index is 1.11. The fourth-order valence-electron chi connectivity index (χ4n) is 4.80. The van der Waals surface area contributed by atoms with Crippen LogP contribution in [0.4, 0.5) is 16.3 Å². The van der Waals surface area contributed by atoms with E-state index in [9.17, 15) is 14.4 Å². The Labute approximate surface area is 225 Å². The number of rotatable bonds is 5. The molecule has 11 heteroatoms. The Morgan fingerprint density at radius 1 is 0.974 bits per heavy atom. The van der Waals surface area contributed by atoms with Gasteiger partial charge < -0.3 is 24.8 Å². The van der Waals surface area contributed by atoms with Crippen LogP contribution in [0.3, 0.4) is 0 Å². The van der Waals surface area contributed by atoms with Crippen LogP contribution < -0.4 is 10.2 Å². The van der Waals surface area contributed by atoms with Gasteiger partial charge in [-0.1, -0.05) is 12.1 Å². The number of hydrogen-bond donors (Lipinski definition) is 1. The average molecular weight is 535 g/mol. The fraction of sp³-hybridized carbons (Fsp3) is 0.370. The molecule has 1 aromatic carbocycles. The van der Waals surface area contributed by atoms with Crippen LogP contribution in [0.5, 0.6) is 0 Å². The summed E-state index contributed by atoms with van der Waals surface area (Å²) in [7, 11) is 1.32. The fourth-order valence-corrected chi connectivity index (χ4v) is 5.77. The zero-order valence-electron chi connectivity index (χ0n) is 21.2. The number of amides is 3. The van der Waals surface area contributed by atoms with Crippen molar-refractivity contribution >= 4 is 40.7 Å². The maximum atomic E-state index is 13.1. The van der Waals surface area contributed by atoms with E-state index in [2.05, 4.69) is 20.2 Å².